The summed E-state index contributed by atoms with van der Waals surface area (Å²) in [6.07, 6.45) is -2.94. The SMILES string of the molecule is C=CNC(=N[C@@H](C)CN1CCN(C2=C(C)N=C(NC(=O)OC)C2)CC1)c1scc(C(F)(F)F)c1C. The van der Waals surface area contributed by atoms with Crippen LogP contribution in [0.3, 0.4) is 0 Å². The zero-order valence-corrected chi connectivity index (χ0v) is 21.1. The van der Waals surface area contributed by atoms with Gasteiger partial charge in [-0.2, -0.15) is 13.2 Å². The van der Waals surface area contributed by atoms with Gasteiger partial charge in [0.15, 0.2) is 0 Å². The van der Waals surface area contributed by atoms with E-state index in [1.165, 1.54) is 20.2 Å². The molecule has 0 unspecified atom stereocenters. The molecule has 1 aromatic rings. The fourth-order valence-electron chi connectivity index (χ4n) is 4.20. The maximum Gasteiger partial charge on any atom is 0.417 e. The van der Waals surface area contributed by atoms with Gasteiger partial charge in [0, 0.05) is 50.2 Å². The highest BCUT2D eigenvalue weighted by Crippen LogP contribution is 2.36. The van der Waals surface area contributed by atoms with Gasteiger partial charge in [0.25, 0.3) is 0 Å². The van der Waals surface area contributed by atoms with E-state index in [1.54, 1.807) is 0 Å². The van der Waals surface area contributed by atoms with E-state index >= 15 is 0 Å². The first-order chi connectivity index (χ1) is 16.5. The molecule has 192 valence electrons. The van der Waals surface area contributed by atoms with E-state index in [4.69, 9.17) is 0 Å². The van der Waals surface area contributed by atoms with Crippen LogP contribution < -0.4 is 10.6 Å². The molecule has 1 aromatic heterocycles. The number of carbonyl (C=O) groups is 1. The van der Waals surface area contributed by atoms with Gasteiger partial charge in [0.05, 0.1) is 29.3 Å². The van der Waals surface area contributed by atoms with Crippen molar-refractivity contribution in [2.75, 3.05) is 39.8 Å². The highest BCUT2D eigenvalue weighted by Gasteiger charge is 2.35. The molecule has 1 amide bonds. The van der Waals surface area contributed by atoms with Gasteiger partial charge >= 0.3 is 12.3 Å². The van der Waals surface area contributed by atoms with E-state index in [2.05, 4.69) is 41.7 Å². The maximum atomic E-state index is 13.2. The molecule has 12 heteroatoms. The van der Waals surface area contributed by atoms with E-state index < -0.39 is 17.8 Å². The second-order valence-corrected chi connectivity index (χ2v) is 9.33. The number of thiophene rings is 1. The molecule has 0 bridgehead atoms. The Hall–Kier alpha value is -2.86. The first-order valence-electron chi connectivity index (χ1n) is 11.2. The number of carbonyl (C=O) groups excluding carboxylic acids is 1. The molecule has 2 aliphatic heterocycles. The summed E-state index contributed by atoms with van der Waals surface area (Å²) in [5, 5.41) is 6.68. The number of amidine groups is 2. The van der Waals surface area contributed by atoms with Gasteiger partial charge < -0.3 is 15.0 Å². The molecule has 0 spiro atoms. The summed E-state index contributed by atoms with van der Waals surface area (Å²) >= 11 is 1.03. The molecule has 3 heterocycles. The minimum atomic E-state index is -4.39. The predicted octanol–water partition coefficient (Wildman–Crippen LogP) is 3.95. The average molecular weight is 513 g/mol. The van der Waals surface area contributed by atoms with Crippen LogP contribution in [-0.2, 0) is 10.9 Å². The number of hydrogen-bond acceptors (Lipinski definition) is 7. The van der Waals surface area contributed by atoms with Gasteiger partial charge in [-0.3, -0.25) is 15.2 Å². The molecule has 1 atom stereocenters. The Morgan fingerprint density at radius 2 is 2.03 bits per heavy atom. The topological polar surface area (TPSA) is 81.6 Å². The second-order valence-electron chi connectivity index (χ2n) is 8.45. The van der Waals surface area contributed by atoms with Gasteiger partial charge in [-0.05, 0) is 32.5 Å². The third-order valence-electron chi connectivity index (χ3n) is 5.91. The van der Waals surface area contributed by atoms with Crippen LogP contribution in [-0.4, -0.2) is 73.4 Å². The van der Waals surface area contributed by atoms with Crippen LogP contribution in [0.15, 0.2) is 39.5 Å². The van der Waals surface area contributed by atoms with Gasteiger partial charge in [-0.25, -0.2) is 9.79 Å². The number of nitrogens with one attached hydrogen (secondary N) is 2. The third kappa shape index (κ3) is 6.63. The summed E-state index contributed by atoms with van der Waals surface area (Å²) in [7, 11) is 1.31. The number of allylic oxidation sites excluding steroid dienone is 1. The van der Waals surface area contributed by atoms with Crippen molar-refractivity contribution >= 4 is 29.1 Å². The van der Waals surface area contributed by atoms with Gasteiger partial charge in [-0.1, -0.05) is 6.58 Å². The largest absolute Gasteiger partial charge is 0.453 e. The van der Waals surface area contributed by atoms with E-state index in [0.717, 1.165) is 54.3 Å². The highest BCUT2D eigenvalue weighted by atomic mass is 32.1. The van der Waals surface area contributed by atoms with Crippen molar-refractivity contribution in [3.05, 3.63) is 45.6 Å². The van der Waals surface area contributed by atoms with Crippen molar-refractivity contribution < 1.29 is 22.7 Å². The number of aliphatic imine (C=N–C) groups is 2. The van der Waals surface area contributed by atoms with Gasteiger partial charge in [-0.15, -0.1) is 11.3 Å². The van der Waals surface area contributed by atoms with Gasteiger partial charge in [0.1, 0.15) is 11.7 Å². The summed E-state index contributed by atoms with van der Waals surface area (Å²) in [6, 6.07) is -0.133. The lowest BCUT2D eigenvalue weighted by Crippen LogP contribution is -2.48. The molecule has 0 saturated carbocycles. The Kier molecular flexibility index (Phi) is 8.60. The van der Waals surface area contributed by atoms with Crippen LogP contribution in [0, 0.1) is 6.92 Å². The molecule has 2 aliphatic rings. The van der Waals surface area contributed by atoms with E-state index in [9.17, 15) is 18.0 Å². The van der Waals surface area contributed by atoms with Crippen molar-refractivity contribution in [2.24, 2.45) is 9.98 Å². The van der Waals surface area contributed by atoms with E-state index in [0.29, 0.717) is 29.5 Å². The number of piperazine rings is 1. The Bertz CT molecular complexity index is 1040. The third-order valence-corrected chi connectivity index (χ3v) is 7.00. The number of nitrogens with zero attached hydrogens (tertiary/aromatic N) is 4. The first-order valence-corrected chi connectivity index (χ1v) is 12.1. The summed E-state index contributed by atoms with van der Waals surface area (Å²) < 4.78 is 44.3. The van der Waals surface area contributed by atoms with Crippen LogP contribution in [0.5, 0.6) is 0 Å². The maximum absolute atomic E-state index is 13.2. The molecule has 0 aliphatic carbocycles. The normalized spacial score (nSPS) is 18.4. The summed E-state index contributed by atoms with van der Waals surface area (Å²) in [5.74, 6) is 0.980. The number of alkyl carbamates (subject to hydrolysis) is 1. The number of methoxy groups -OCH3 is 1. The Balaban J connectivity index is 1.58. The van der Waals surface area contributed by atoms with Crippen molar-refractivity contribution in [1.29, 1.82) is 0 Å². The van der Waals surface area contributed by atoms with Crippen molar-refractivity contribution in [1.82, 2.24) is 20.4 Å². The summed E-state index contributed by atoms with van der Waals surface area (Å²) in [4.78, 5) is 25.6. The smallest absolute Gasteiger partial charge is 0.417 e. The van der Waals surface area contributed by atoms with Crippen molar-refractivity contribution in [2.45, 2.75) is 39.4 Å². The van der Waals surface area contributed by atoms with Crippen LogP contribution >= 0.6 is 11.3 Å². The molecular formula is C23H31F3N6O2S. The number of ether oxygens (including phenoxy) is 1. The zero-order chi connectivity index (χ0) is 25.8. The molecule has 1 fully saturated rings. The van der Waals surface area contributed by atoms with Crippen LogP contribution in [0.4, 0.5) is 18.0 Å². The molecule has 0 aromatic carbocycles. The monoisotopic (exact) mass is 512 g/mol. The average Bonchev–Trinajstić information content (AvgIpc) is 3.36. The van der Waals surface area contributed by atoms with E-state index in [1.807, 2.05) is 13.8 Å². The molecule has 2 N–H and O–H groups in total. The Morgan fingerprint density at radius 1 is 1.34 bits per heavy atom. The lowest BCUT2D eigenvalue weighted by Gasteiger charge is -2.37. The summed E-state index contributed by atoms with van der Waals surface area (Å²) in [6.45, 7) is 12.9. The molecule has 1 saturated heterocycles. The Morgan fingerprint density at radius 3 is 2.60 bits per heavy atom. The van der Waals surface area contributed by atoms with Crippen LogP contribution in [0.1, 0.15) is 36.3 Å². The molecule has 3 rings (SSSR count). The molecule has 35 heavy (non-hydrogen) atoms. The fourth-order valence-corrected chi connectivity index (χ4v) is 5.25. The zero-order valence-electron chi connectivity index (χ0n) is 20.3. The van der Waals surface area contributed by atoms with Crippen LogP contribution in [0.25, 0.3) is 0 Å². The molecule has 8 nitrogen and oxygen atoms in total. The lowest BCUT2D eigenvalue weighted by molar-refractivity contribution is -0.137. The number of alkyl halides is 3. The minimum Gasteiger partial charge on any atom is -0.453 e. The number of amides is 1. The molecular weight excluding hydrogens is 481 g/mol. The van der Waals surface area contributed by atoms with Crippen LogP contribution in [0.2, 0.25) is 0 Å². The minimum absolute atomic E-state index is 0.133. The Labute approximate surface area is 207 Å². The number of hydrogen-bond donors (Lipinski definition) is 2. The second kappa shape index (κ2) is 11.3. The fraction of sp³-hybridized carbons (Fsp3) is 0.522. The standard InChI is InChI=1S/C23H31F3N6O2S/c1-6-27-21(20-15(3)17(13-35-20)23(24,25)26)28-14(2)12-31-7-9-32(10-8-31)18-11-19(29-16(18)4)30-22(33)34-5/h6,13-14H,1,7-12H2,2-5H3,(H,27,28)(H,29,30,33)/t14-/m0/s1. The lowest BCUT2D eigenvalue weighted by atomic mass is 10.1. The summed E-state index contributed by atoms with van der Waals surface area (Å²) in [5.41, 5.74) is 1.51. The quantitative estimate of drug-likeness (QED) is 0.446. The molecule has 0 radical (unpaired) electrons. The number of rotatable bonds is 6. The van der Waals surface area contributed by atoms with Crippen molar-refractivity contribution in [3.8, 4) is 0 Å². The van der Waals surface area contributed by atoms with Gasteiger partial charge in [0.2, 0.25) is 0 Å². The number of halogens is 3. The predicted molar refractivity (Wildman–Crippen MR) is 132 cm³/mol. The van der Waals surface area contributed by atoms with Crippen molar-refractivity contribution in [3.63, 3.8) is 0 Å². The highest BCUT2D eigenvalue weighted by molar-refractivity contribution is 7.12. The van der Waals surface area contributed by atoms with E-state index in [-0.39, 0.29) is 11.6 Å². The first kappa shape index (κ1) is 26.7.